The van der Waals surface area contributed by atoms with Crippen molar-refractivity contribution in [1.29, 1.82) is 0 Å². The number of imidazole rings is 1. The van der Waals surface area contributed by atoms with Crippen LogP contribution in [0.2, 0.25) is 0 Å². The average Bonchev–Trinajstić information content (AvgIpc) is 3.24. The average molecular weight is 589 g/mol. The Bertz CT molecular complexity index is 1090. The van der Waals surface area contributed by atoms with Crippen LogP contribution in [0.15, 0.2) is 59.2 Å². The number of hydrogen-bond acceptors (Lipinski definition) is 2. The molecule has 0 saturated carbocycles. The Morgan fingerprint density at radius 3 is 2.22 bits per heavy atom. The zero-order valence-electron chi connectivity index (χ0n) is 20.5. The smallest absolute Gasteiger partial charge is 0.389 e. The minimum atomic E-state index is -4.06. The highest BCUT2D eigenvalue weighted by atomic mass is 79.9. The number of aromatic amines is 1. The third-order valence-electron chi connectivity index (χ3n) is 5.90. The number of rotatable bonds is 15. The number of anilines is 2. The van der Waals surface area contributed by atoms with Gasteiger partial charge in [0, 0.05) is 10.9 Å². The molecule has 0 spiro atoms. The van der Waals surface area contributed by atoms with Crippen LogP contribution >= 0.6 is 15.9 Å². The number of para-hydroxylation sites is 1. The molecule has 0 atom stereocenters. The fourth-order valence-electron chi connectivity index (χ4n) is 4.08. The monoisotopic (exact) mass is 588 g/mol. The maximum Gasteiger partial charge on any atom is 0.389 e. The Kier molecular flexibility index (Phi) is 11.2. The molecule has 10 heteroatoms. The topological polar surface area (TPSA) is 40.9 Å². The Morgan fingerprint density at radius 2 is 1.54 bits per heavy atom. The molecule has 3 aromatic rings. The second kappa shape index (κ2) is 14.4. The number of ether oxygens (including phenoxy) is 1. The van der Waals surface area contributed by atoms with Crippen LogP contribution in [0, 0.1) is 0 Å². The van der Waals surface area contributed by atoms with Crippen LogP contribution in [0.25, 0.3) is 5.69 Å². The molecule has 2 aromatic carbocycles. The molecule has 0 bridgehead atoms. The minimum Gasteiger partial charge on any atom is -0.459 e. The third kappa shape index (κ3) is 9.98. The lowest BCUT2D eigenvalue weighted by atomic mass is 10.0. The van der Waals surface area contributed by atoms with Gasteiger partial charge in [0.15, 0.2) is 6.61 Å². The highest BCUT2D eigenvalue weighted by Gasteiger charge is 2.25. The molecule has 0 aliphatic rings. The van der Waals surface area contributed by atoms with E-state index in [2.05, 4.69) is 26.2 Å². The van der Waals surface area contributed by atoms with Crippen LogP contribution in [-0.2, 0) is 6.42 Å². The van der Waals surface area contributed by atoms with Crippen LogP contribution in [-0.4, -0.2) is 24.2 Å². The van der Waals surface area contributed by atoms with E-state index in [-0.39, 0.29) is 12.3 Å². The molecular weight excluding hydrogens is 557 g/mol. The van der Waals surface area contributed by atoms with E-state index in [1.807, 2.05) is 48.5 Å². The van der Waals surface area contributed by atoms with Crippen LogP contribution in [0.3, 0.4) is 0 Å². The standard InChI is InChI=1S/C27H31BrF5N3O/c28-21-13-15-22(16-14-21)36-25(37-19-24(29)30)18-34-26(36)35-23-12-8-7-11-20(23)10-6-4-2-1-3-5-9-17-27(31,32)33/h7-8,11-16,18,24H,1-6,9-10,17,19H2,(H,34,35)/p+1. The highest BCUT2D eigenvalue weighted by Crippen LogP contribution is 2.25. The van der Waals surface area contributed by atoms with Gasteiger partial charge in [0.1, 0.15) is 17.6 Å². The van der Waals surface area contributed by atoms with E-state index in [9.17, 15) is 22.0 Å². The fraction of sp³-hybridized carbons (Fsp3) is 0.444. The lowest BCUT2D eigenvalue weighted by molar-refractivity contribution is -0.586. The second-order valence-corrected chi connectivity index (χ2v) is 9.78. The molecule has 4 nitrogen and oxygen atoms in total. The van der Waals surface area contributed by atoms with Gasteiger partial charge in [0.2, 0.25) is 0 Å². The van der Waals surface area contributed by atoms with Crippen molar-refractivity contribution < 1.29 is 31.3 Å². The summed E-state index contributed by atoms with van der Waals surface area (Å²) >= 11 is 3.41. The molecule has 202 valence electrons. The lowest BCUT2D eigenvalue weighted by Gasteiger charge is -2.10. The summed E-state index contributed by atoms with van der Waals surface area (Å²) in [5.41, 5.74) is 2.74. The van der Waals surface area contributed by atoms with Crippen molar-refractivity contribution >= 4 is 27.6 Å². The van der Waals surface area contributed by atoms with E-state index in [1.165, 1.54) is 0 Å². The van der Waals surface area contributed by atoms with Gasteiger partial charge in [-0.05, 0) is 55.2 Å². The fourth-order valence-corrected chi connectivity index (χ4v) is 4.34. The molecule has 1 heterocycles. The van der Waals surface area contributed by atoms with Crippen LogP contribution in [0.5, 0.6) is 5.88 Å². The van der Waals surface area contributed by atoms with Gasteiger partial charge in [0.05, 0.1) is 0 Å². The van der Waals surface area contributed by atoms with Crippen molar-refractivity contribution in [3.8, 4) is 11.6 Å². The Hall–Kier alpha value is -2.62. The van der Waals surface area contributed by atoms with Crippen molar-refractivity contribution in [2.75, 3.05) is 11.9 Å². The number of aryl methyl sites for hydroxylation is 1. The van der Waals surface area contributed by atoms with Crippen molar-refractivity contribution in [2.24, 2.45) is 0 Å². The Labute approximate surface area is 222 Å². The van der Waals surface area contributed by atoms with Crippen molar-refractivity contribution in [2.45, 2.75) is 70.4 Å². The molecule has 0 fully saturated rings. The summed E-state index contributed by atoms with van der Waals surface area (Å²) in [5.74, 6) is 0.829. The number of nitrogens with zero attached hydrogens (tertiary/aromatic N) is 1. The Morgan fingerprint density at radius 1 is 0.892 bits per heavy atom. The van der Waals surface area contributed by atoms with Crippen LogP contribution in [0.1, 0.15) is 56.9 Å². The van der Waals surface area contributed by atoms with Crippen molar-refractivity contribution in [1.82, 2.24) is 4.98 Å². The van der Waals surface area contributed by atoms with E-state index in [4.69, 9.17) is 4.74 Å². The summed E-state index contributed by atoms with van der Waals surface area (Å²) in [6.45, 7) is -0.716. The van der Waals surface area contributed by atoms with Crippen LogP contribution in [0.4, 0.5) is 33.6 Å². The van der Waals surface area contributed by atoms with Gasteiger partial charge in [-0.1, -0.05) is 66.2 Å². The molecule has 2 N–H and O–H groups in total. The van der Waals surface area contributed by atoms with Gasteiger partial charge in [-0.2, -0.15) is 17.7 Å². The van der Waals surface area contributed by atoms with Gasteiger partial charge < -0.3 is 4.74 Å². The van der Waals surface area contributed by atoms with Crippen molar-refractivity contribution in [3.05, 3.63) is 64.8 Å². The number of alkyl halides is 5. The molecule has 1 aromatic heterocycles. The zero-order valence-corrected chi connectivity index (χ0v) is 22.1. The summed E-state index contributed by atoms with van der Waals surface area (Å²) in [7, 11) is 0. The minimum absolute atomic E-state index is 0.205. The van der Waals surface area contributed by atoms with E-state index < -0.39 is 25.6 Å². The predicted molar refractivity (Wildman–Crippen MR) is 138 cm³/mol. The number of hydrogen-bond donors (Lipinski definition) is 2. The number of aromatic nitrogens is 2. The number of benzene rings is 2. The van der Waals surface area contributed by atoms with Gasteiger partial charge >= 0.3 is 12.1 Å². The summed E-state index contributed by atoms with van der Waals surface area (Å²) < 4.78 is 70.2. The third-order valence-corrected chi connectivity index (χ3v) is 6.42. The zero-order chi connectivity index (χ0) is 26.7. The molecule has 0 saturated heterocycles. The van der Waals surface area contributed by atoms with E-state index in [0.717, 1.165) is 59.9 Å². The first-order valence-corrected chi connectivity index (χ1v) is 13.2. The van der Waals surface area contributed by atoms with Crippen molar-refractivity contribution in [3.63, 3.8) is 0 Å². The summed E-state index contributed by atoms with van der Waals surface area (Å²) in [6, 6.07) is 15.3. The molecule has 0 aliphatic carbocycles. The van der Waals surface area contributed by atoms with E-state index in [1.54, 1.807) is 10.8 Å². The number of H-pyrrole nitrogens is 1. The Balaban J connectivity index is 1.59. The first-order valence-electron chi connectivity index (χ1n) is 12.4. The first kappa shape index (κ1) is 28.9. The largest absolute Gasteiger partial charge is 0.459 e. The van der Waals surface area contributed by atoms with E-state index >= 15 is 0 Å². The van der Waals surface area contributed by atoms with E-state index in [0.29, 0.717) is 12.4 Å². The summed E-state index contributed by atoms with van der Waals surface area (Å²) in [4.78, 5) is 3.10. The second-order valence-electron chi connectivity index (χ2n) is 8.86. The molecule has 0 aliphatic heterocycles. The molecule has 3 rings (SSSR count). The van der Waals surface area contributed by atoms with Gasteiger partial charge in [0.25, 0.3) is 12.3 Å². The SMILES string of the molecule is FC(F)COc1c[nH]c(Nc2ccccc2CCCCCCCCCC(F)(F)F)[n+]1-c1ccc(Br)cc1. The number of unbranched alkanes of at least 4 members (excludes halogenated alkanes) is 6. The molecule has 0 radical (unpaired) electrons. The maximum absolute atomic E-state index is 12.8. The quantitative estimate of drug-likeness (QED) is 0.106. The lowest BCUT2D eigenvalue weighted by Crippen LogP contribution is -2.34. The summed E-state index contributed by atoms with van der Waals surface area (Å²) in [6.07, 6.45) is 0.579. The molecular formula is C27H32BrF5N3O+. The number of halogens is 6. The maximum atomic E-state index is 12.8. The highest BCUT2D eigenvalue weighted by molar-refractivity contribution is 9.10. The molecule has 0 amide bonds. The first-order chi connectivity index (χ1) is 17.7. The van der Waals surface area contributed by atoms with Crippen LogP contribution < -0.4 is 14.6 Å². The van der Waals surface area contributed by atoms with Gasteiger partial charge in [-0.15, -0.1) is 0 Å². The van der Waals surface area contributed by atoms with Gasteiger partial charge in [-0.25, -0.2) is 19.1 Å². The normalized spacial score (nSPS) is 11.8. The number of nitrogens with one attached hydrogen (secondary N) is 2. The molecule has 37 heavy (non-hydrogen) atoms. The molecule has 0 unspecified atom stereocenters. The predicted octanol–water partition coefficient (Wildman–Crippen LogP) is 8.67. The van der Waals surface area contributed by atoms with Gasteiger partial charge in [-0.3, -0.25) is 0 Å². The summed E-state index contributed by atoms with van der Waals surface area (Å²) in [5, 5.41) is 3.39.